The number of hydrogen-bond donors (Lipinski definition) is 1. The zero-order valence-corrected chi connectivity index (χ0v) is 12.9. The van der Waals surface area contributed by atoms with Gasteiger partial charge in [-0.15, -0.1) is 0 Å². The number of nitrogens with one attached hydrogen (secondary N) is 1. The van der Waals surface area contributed by atoms with Crippen molar-refractivity contribution in [3.05, 3.63) is 0 Å². The molecule has 106 valence electrons. The number of likely N-dealkylation sites (N-methyl/N-ethyl adjacent to an activating group) is 1. The van der Waals surface area contributed by atoms with Crippen molar-refractivity contribution in [1.29, 1.82) is 0 Å². The summed E-state index contributed by atoms with van der Waals surface area (Å²) < 4.78 is 5.51. The summed E-state index contributed by atoms with van der Waals surface area (Å²) in [6.07, 6.45) is 1.23. The highest BCUT2D eigenvalue weighted by Crippen LogP contribution is 2.18. The molecule has 0 aromatic heterocycles. The monoisotopic (exact) mass is 273 g/mol. The predicted octanol–water partition coefficient (Wildman–Crippen LogP) is 1.67. The number of amidine groups is 1. The summed E-state index contributed by atoms with van der Waals surface area (Å²) in [7, 11) is 4.11. The molecule has 0 aliphatic carbocycles. The van der Waals surface area contributed by atoms with Crippen LogP contribution in [0.25, 0.3) is 0 Å². The van der Waals surface area contributed by atoms with Gasteiger partial charge in [0.15, 0.2) is 5.17 Å². The van der Waals surface area contributed by atoms with Crippen LogP contribution in [0, 0.1) is 5.92 Å². The summed E-state index contributed by atoms with van der Waals surface area (Å²) in [6.45, 7) is 7.76. The minimum absolute atomic E-state index is 0.600. The van der Waals surface area contributed by atoms with Crippen LogP contribution in [0.5, 0.6) is 0 Å². The fourth-order valence-electron chi connectivity index (χ4n) is 1.79. The second-order valence-corrected chi connectivity index (χ2v) is 6.39. The Kier molecular flexibility index (Phi) is 7.70. The zero-order chi connectivity index (χ0) is 13.4. The van der Waals surface area contributed by atoms with E-state index in [0.717, 1.165) is 36.5 Å². The van der Waals surface area contributed by atoms with E-state index in [1.807, 2.05) is 11.8 Å². The fraction of sp³-hybridized carbons (Fsp3) is 0.923. The minimum Gasteiger partial charge on any atom is -0.378 e. The summed E-state index contributed by atoms with van der Waals surface area (Å²) in [5.41, 5.74) is 0. The number of aliphatic imine (C=N–C) groups is 1. The Morgan fingerprint density at radius 3 is 2.89 bits per heavy atom. The normalized spacial score (nSPS) is 22.1. The Morgan fingerprint density at radius 2 is 2.22 bits per heavy atom. The molecule has 1 saturated heterocycles. The summed E-state index contributed by atoms with van der Waals surface area (Å²) >= 11 is 1.84. The molecule has 0 aromatic rings. The molecule has 0 amide bonds. The van der Waals surface area contributed by atoms with Crippen LogP contribution in [-0.2, 0) is 4.74 Å². The molecule has 18 heavy (non-hydrogen) atoms. The lowest BCUT2D eigenvalue weighted by Gasteiger charge is -2.12. The molecule has 0 saturated carbocycles. The van der Waals surface area contributed by atoms with Crippen LogP contribution >= 0.6 is 11.8 Å². The van der Waals surface area contributed by atoms with E-state index in [4.69, 9.17) is 4.74 Å². The second kappa shape index (κ2) is 8.77. The van der Waals surface area contributed by atoms with Crippen molar-refractivity contribution in [2.24, 2.45) is 10.9 Å². The van der Waals surface area contributed by atoms with Gasteiger partial charge in [-0.1, -0.05) is 25.6 Å². The van der Waals surface area contributed by atoms with E-state index in [-0.39, 0.29) is 0 Å². The molecule has 1 aliphatic rings. The largest absolute Gasteiger partial charge is 0.378 e. The predicted molar refractivity (Wildman–Crippen MR) is 80.5 cm³/mol. The lowest BCUT2D eigenvalue weighted by Crippen LogP contribution is -2.28. The maximum atomic E-state index is 5.51. The first kappa shape index (κ1) is 15.8. The summed E-state index contributed by atoms with van der Waals surface area (Å²) in [5, 5.41) is 4.57. The van der Waals surface area contributed by atoms with Gasteiger partial charge in [-0.3, -0.25) is 4.99 Å². The molecule has 1 heterocycles. The van der Waals surface area contributed by atoms with Gasteiger partial charge in [0.05, 0.1) is 19.8 Å². The molecule has 0 bridgehead atoms. The molecule has 0 radical (unpaired) electrons. The average molecular weight is 273 g/mol. The molecular formula is C13H27N3OS. The molecular weight excluding hydrogens is 246 g/mol. The molecule has 0 aromatic carbocycles. The number of rotatable bonds is 8. The molecule has 1 fully saturated rings. The van der Waals surface area contributed by atoms with Crippen molar-refractivity contribution in [3.63, 3.8) is 0 Å². The maximum absolute atomic E-state index is 5.51. The van der Waals surface area contributed by atoms with E-state index in [1.54, 1.807) is 0 Å². The number of ether oxygens (including phenoxy) is 1. The highest BCUT2D eigenvalue weighted by molar-refractivity contribution is 8.14. The molecule has 1 rings (SSSR count). The number of thioether (sulfide) groups is 1. The van der Waals surface area contributed by atoms with Gasteiger partial charge in [0.25, 0.3) is 0 Å². The Bertz CT molecular complexity index is 257. The molecule has 1 atom stereocenters. The van der Waals surface area contributed by atoms with E-state index in [1.165, 1.54) is 6.42 Å². The first-order chi connectivity index (χ1) is 8.58. The van der Waals surface area contributed by atoms with Crippen molar-refractivity contribution in [2.45, 2.75) is 26.3 Å². The average Bonchev–Trinajstić information content (AvgIpc) is 2.69. The van der Waals surface area contributed by atoms with Crippen LogP contribution < -0.4 is 5.32 Å². The van der Waals surface area contributed by atoms with Gasteiger partial charge < -0.3 is 15.0 Å². The third-order valence-corrected chi connectivity index (χ3v) is 3.77. The van der Waals surface area contributed by atoms with Gasteiger partial charge in [-0.05, 0) is 26.4 Å². The highest BCUT2D eigenvalue weighted by Gasteiger charge is 2.20. The van der Waals surface area contributed by atoms with Gasteiger partial charge in [0.1, 0.15) is 0 Å². The topological polar surface area (TPSA) is 36.9 Å². The van der Waals surface area contributed by atoms with Crippen LogP contribution in [-0.4, -0.2) is 62.3 Å². The highest BCUT2D eigenvalue weighted by atomic mass is 32.2. The summed E-state index contributed by atoms with van der Waals surface area (Å²) in [4.78, 5) is 6.65. The van der Waals surface area contributed by atoms with Gasteiger partial charge in [-0.25, -0.2) is 0 Å². The van der Waals surface area contributed by atoms with Crippen LogP contribution in [0.15, 0.2) is 4.99 Å². The minimum atomic E-state index is 0.600. The number of hydrogen-bond acceptors (Lipinski definition) is 4. The van der Waals surface area contributed by atoms with Gasteiger partial charge in [0, 0.05) is 18.3 Å². The molecule has 0 spiro atoms. The van der Waals surface area contributed by atoms with Crippen LogP contribution in [0.1, 0.15) is 20.3 Å². The zero-order valence-electron chi connectivity index (χ0n) is 12.1. The smallest absolute Gasteiger partial charge is 0.156 e. The molecule has 1 aliphatic heterocycles. The van der Waals surface area contributed by atoms with Gasteiger partial charge in [0.2, 0.25) is 0 Å². The standard InChI is InChI=1S/C13H27N3OS/c1-11(2)9-12-10-18-13(15-12)14-5-7-17-8-6-16(3)4/h11-12H,5-10H2,1-4H3,(H,14,15). The second-order valence-electron chi connectivity index (χ2n) is 5.38. The SMILES string of the molecule is CC(C)CC1CSC(=NCCOCCN(C)C)N1. The Morgan fingerprint density at radius 1 is 1.44 bits per heavy atom. The van der Waals surface area contributed by atoms with Crippen molar-refractivity contribution < 1.29 is 4.74 Å². The van der Waals surface area contributed by atoms with Crippen LogP contribution in [0.4, 0.5) is 0 Å². The third kappa shape index (κ3) is 7.24. The lowest BCUT2D eigenvalue weighted by molar-refractivity contribution is 0.124. The summed E-state index contributed by atoms with van der Waals surface area (Å²) in [5.74, 6) is 1.90. The lowest BCUT2D eigenvalue weighted by atomic mass is 10.1. The molecule has 5 heteroatoms. The van der Waals surface area contributed by atoms with E-state index in [9.17, 15) is 0 Å². The quantitative estimate of drug-likeness (QED) is 0.683. The van der Waals surface area contributed by atoms with Gasteiger partial charge >= 0.3 is 0 Å². The van der Waals surface area contributed by atoms with Crippen molar-refractivity contribution >= 4 is 16.9 Å². The van der Waals surface area contributed by atoms with Crippen LogP contribution in [0.3, 0.4) is 0 Å². The Balaban J connectivity index is 2.06. The third-order valence-electron chi connectivity index (χ3n) is 2.68. The fourth-order valence-corrected chi connectivity index (χ4v) is 2.80. The Labute approximate surface area is 116 Å². The van der Waals surface area contributed by atoms with Crippen molar-refractivity contribution in [2.75, 3.05) is 46.2 Å². The first-order valence-electron chi connectivity index (χ1n) is 6.74. The van der Waals surface area contributed by atoms with E-state index in [0.29, 0.717) is 12.6 Å². The van der Waals surface area contributed by atoms with E-state index < -0.39 is 0 Å². The van der Waals surface area contributed by atoms with E-state index in [2.05, 4.69) is 43.2 Å². The van der Waals surface area contributed by atoms with E-state index >= 15 is 0 Å². The number of nitrogens with zero attached hydrogens (tertiary/aromatic N) is 2. The van der Waals surface area contributed by atoms with Gasteiger partial charge in [-0.2, -0.15) is 0 Å². The molecule has 1 N–H and O–H groups in total. The Hall–Kier alpha value is -0.260. The molecule has 4 nitrogen and oxygen atoms in total. The summed E-state index contributed by atoms with van der Waals surface area (Å²) in [6, 6.07) is 0.600. The van der Waals surface area contributed by atoms with Crippen LogP contribution in [0.2, 0.25) is 0 Å². The first-order valence-corrected chi connectivity index (χ1v) is 7.72. The maximum Gasteiger partial charge on any atom is 0.156 e. The van der Waals surface area contributed by atoms with Crippen molar-refractivity contribution in [3.8, 4) is 0 Å². The van der Waals surface area contributed by atoms with Crippen molar-refractivity contribution in [1.82, 2.24) is 10.2 Å². The molecule has 1 unspecified atom stereocenters.